The van der Waals surface area contributed by atoms with Gasteiger partial charge in [-0.3, -0.25) is 9.59 Å². The molecule has 0 bridgehead atoms. The molecule has 0 radical (unpaired) electrons. The third-order valence-electron chi connectivity index (χ3n) is 4.25. The molecule has 0 aliphatic carbocycles. The molecule has 0 unspecified atom stereocenters. The van der Waals surface area contributed by atoms with Gasteiger partial charge < -0.3 is 20.1 Å². The van der Waals surface area contributed by atoms with Gasteiger partial charge in [0.25, 0.3) is 5.91 Å². The van der Waals surface area contributed by atoms with Crippen LogP contribution in [-0.4, -0.2) is 36.7 Å². The second-order valence-electron chi connectivity index (χ2n) is 6.19. The van der Waals surface area contributed by atoms with Crippen LogP contribution < -0.4 is 20.1 Å². The van der Waals surface area contributed by atoms with Gasteiger partial charge in [-0.15, -0.1) is 0 Å². The molecular weight excluding hydrogens is 444 g/mol. The van der Waals surface area contributed by atoms with Crippen molar-refractivity contribution in [3.05, 3.63) is 58.1 Å². The lowest BCUT2D eigenvalue weighted by Crippen LogP contribution is -2.47. The van der Waals surface area contributed by atoms with Crippen LogP contribution in [-0.2, 0) is 11.3 Å². The minimum Gasteiger partial charge on any atom is -0.454 e. The predicted octanol–water partition coefficient (Wildman–Crippen LogP) is 3.35. The standard InChI is InChI=1S/C20H21BrN2O4S/c1-28-9-8-16(23-19(24)14-4-2-3-5-15(14)21)20(25)22-11-13-6-7-17-18(10-13)27-12-26-17/h2-7,10,16H,8-9,11-12H2,1H3,(H,22,25)(H,23,24)/t16-/m1/s1. The number of benzene rings is 2. The molecule has 8 heteroatoms. The van der Waals surface area contributed by atoms with Crippen molar-refractivity contribution in [2.75, 3.05) is 18.8 Å². The van der Waals surface area contributed by atoms with E-state index in [2.05, 4.69) is 26.6 Å². The summed E-state index contributed by atoms with van der Waals surface area (Å²) in [6.07, 6.45) is 2.52. The van der Waals surface area contributed by atoms with Crippen LogP contribution in [0.2, 0.25) is 0 Å². The molecule has 0 saturated heterocycles. The fraction of sp³-hybridized carbons (Fsp3) is 0.300. The van der Waals surface area contributed by atoms with Crippen molar-refractivity contribution in [3.8, 4) is 11.5 Å². The smallest absolute Gasteiger partial charge is 0.253 e. The first-order valence-electron chi connectivity index (χ1n) is 8.79. The first kappa shape index (κ1) is 20.5. The van der Waals surface area contributed by atoms with Crippen LogP contribution in [0.4, 0.5) is 0 Å². The number of hydrogen-bond acceptors (Lipinski definition) is 5. The van der Waals surface area contributed by atoms with Gasteiger partial charge in [-0.05, 0) is 64.2 Å². The van der Waals surface area contributed by atoms with E-state index in [1.54, 1.807) is 30.0 Å². The maximum Gasteiger partial charge on any atom is 0.253 e. The summed E-state index contributed by atoms with van der Waals surface area (Å²) in [4.78, 5) is 25.3. The number of hydrogen-bond donors (Lipinski definition) is 2. The monoisotopic (exact) mass is 464 g/mol. The first-order chi connectivity index (χ1) is 13.6. The van der Waals surface area contributed by atoms with Crippen LogP contribution >= 0.6 is 27.7 Å². The van der Waals surface area contributed by atoms with E-state index in [0.717, 1.165) is 11.3 Å². The predicted molar refractivity (Wildman–Crippen MR) is 113 cm³/mol. The SMILES string of the molecule is CSCC[C@@H](NC(=O)c1ccccc1Br)C(=O)NCc1ccc2c(c1)OCO2. The number of carbonyl (C=O) groups excluding carboxylic acids is 2. The number of rotatable bonds is 8. The van der Waals surface area contributed by atoms with Crippen molar-refractivity contribution in [2.45, 2.75) is 19.0 Å². The Morgan fingerprint density at radius 2 is 1.96 bits per heavy atom. The summed E-state index contributed by atoms with van der Waals surface area (Å²) in [5.74, 6) is 1.64. The lowest BCUT2D eigenvalue weighted by Gasteiger charge is -2.19. The molecular formula is C20H21BrN2O4S. The first-order valence-corrected chi connectivity index (χ1v) is 11.0. The highest BCUT2D eigenvalue weighted by atomic mass is 79.9. The van der Waals surface area contributed by atoms with Gasteiger partial charge in [0.2, 0.25) is 12.7 Å². The fourth-order valence-electron chi connectivity index (χ4n) is 2.75. The van der Waals surface area contributed by atoms with Crippen LogP contribution in [0.1, 0.15) is 22.3 Å². The molecule has 0 aromatic heterocycles. The highest BCUT2D eigenvalue weighted by molar-refractivity contribution is 9.10. The third kappa shape index (κ3) is 5.20. The van der Waals surface area contributed by atoms with E-state index in [-0.39, 0.29) is 18.6 Å². The largest absolute Gasteiger partial charge is 0.454 e. The molecule has 1 atom stereocenters. The molecule has 0 fully saturated rings. The average molecular weight is 465 g/mol. The Kier molecular flexibility index (Phi) is 7.22. The van der Waals surface area contributed by atoms with Gasteiger partial charge in [0, 0.05) is 11.0 Å². The number of amides is 2. The van der Waals surface area contributed by atoms with Crippen molar-refractivity contribution in [3.63, 3.8) is 0 Å². The molecule has 2 N–H and O–H groups in total. The maximum absolute atomic E-state index is 12.7. The van der Waals surface area contributed by atoms with Gasteiger partial charge in [0.05, 0.1) is 5.56 Å². The zero-order valence-electron chi connectivity index (χ0n) is 15.4. The third-order valence-corrected chi connectivity index (χ3v) is 5.59. The molecule has 1 heterocycles. The number of ether oxygens (including phenoxy) is 2. The van der Waals surface area contributed by atoms with E-state index in [9.17, 15) is 9.59 Å². The second kappa shape index (κ2) is 9.84. The molecule has 28 heavy (non-hydrogen) atoms. The van der Waals surface area contributed by atoms with Crippen molar-refractivity contribution in [1.29, 1.82) is 0 Å². The Hall–Kier alpha value is -2.19. The highest BCUT2D eigenvalue weighted by Crippen LogP contribution is 2.32. The normalized spacial score (nSPS) is 13.1. The van der Waals surface area contributed by atoms with Crippen LogP contribution in [0.15, 0.2) is 46.9 Å². The number of carbonyl (C=O) groups is 2. The van der Waals surface area contributed by atoms with E-state index in [0.29, 0.717) is 34.5 Å². The van der Waals surface area contributed by atoms with Crippen LogP contribution in [0.3, 0.4) is 0 Å². The summed E-state index contributed by atoms with van der Waals surface area (Å²) in [5.41, 5.74) is 1.40. The Morgan fingerprint density at radius 3 is 2.75 bits per heavy atom. The van der Waals surface area contributed by atoms with Crippen LogP contribution in [0.5, 0.6) is 11.5 Å². The molecule has 2 aromatic carbocycles. The zero-order valence-corrected chi connectivity index (χ0v) is 17.8. The number of nitrogens with one attached hydrogen (secondary N) is 2. The molecule has 1 aliphatic rings. The van der Waals surface area contributed by atoms with E-state index in [4.69, 9.17) is 9.47 Å². The van der Waals surface area contributed by atoms with E-state index in [1.165, 1.54) is 0 Å². The van der Waals surface area contributed by atoms with E-state index < -0.39 is 6.04 Å². The molecule has 148 valence electrons. The van der Waals surface area contributed by atoms with Crippen molar-refractivity contribution < 1.29 is 19.1 Å². The minimum atomic E-state index is -0.610. The molecule has 2 amide bonds. The molecule has 3 rings (SSSR count). The minimum absolute atomic E-state index is 0.211. The Labute approximate surface area is 176 Å². The Morgan fingerprint density at radius 1 is 1.18 bits per heavy atom. The lowest BCUT2D eigenvalue weighted by molar-refractivity contribution is -0.123. The van der Waals surface area contributed by atoms with E-state index in [1.807, 2.05) is 30.5 Å². The summed E-state index contributed by atoms with van der Waals surface area (Å²) in [5, 5.41) is 5.75. The summed E-state index contributed by atoms with van der Waals surface area (Å²) < 4.78 is 11.3. The summed E-state index contributed by atoms with van der Waals surface area (Å²) >= 11 is 5.01. The lowest BCUT2D eigenvalue weighted by atomic mass is 10.1. The quantitative estimate of drug-likeness (QED) is 0.626. The number of fused-ring (bicyclic) bond motifs is 1. The number of halogens is 1. The van der Waals surface area contributed by atoms with Crippen LogP contribution in [0, 0.1) is 0 Å². The van der Waals surface area contributed by atoms with Gasteiger partial charge in [0.15, 0.2) is 11.5 Å². The van der Waals surface area contributed by atoms with Crippen molar-refractivity contribution in [2.24, 2.45) is 0 Å². The molecule has 1 aliphatic heterocycles. The Bertz CT molecular complexity index is 862. The summed E-state index contributed by atoms with van der Waals surface area (Å²) in [7, 11) is 0. The maximum atomic E-state index is 12.7. The number of thioether (sulfide) groups is 1. The van der Waals surface area contributed by atoms with Crippen molar-refractivity contribution in [1.82, 2.24) is 10.6 Å². The van der Waals surface area contributed by atoms with E-state index >= 15 is 0 Å². The summed E-state index contributed by atoms with van der Waals surface area (Å²) in [6, 6.07) is 12.1. The Balaban J connectivity index is 1.62. The summed E-state index contributed by atoms with van der Waals surface area (Å²) in [6.45, 7) is 0.555. The molecule has 2 aromatic rings. The molecule has 0 saturated carbocycles. The van der Waals surface area contributed by atoms with Gasteiger partial charge in [-0.2, -0.15) is 11.8 Å². The topological polar surface area (TPSA) is 76.7 Å². The molecule has 0 spiro atoms. The average Bonchev–Trinajstić information content (AvgIpc) is 3.17. The van der Waals surface area contributed by atoms with Gasteiger partial charge in [-0.1, -0.05) is 18.2 Å². The highest BCUT2D eigenvalue weighted by Gasteiger charge is 2.22. The fourth-order valence-corrected chi connectivity index (χ4v) is 3.69. The van der Waals surface area contributed by atoms with Crippen molar-refractivity contribution >= 4 is 39.5 Å². The van der Waals surface area contributed by atoms with Gasteiger partial charge >= 0.3 is 0 Å². The second-order valence-corrected chi connectivity index (χ2v) is 8.03. The van der Waals surface area contributed by atoms with Crippen LogP contribution in [0.25, 0.3) is 0 Å². The van der Waals surface area contributed by atoms with Gasteiger partial charge in [0.1, 0.15) is 6.04 Å². The van der Waals surface area contributed by atoms with Gasteiger partial charge in [-0.25, -0.2) is 0 Å². The zero-order chi connectivity index (χ0) is 19.9. The molecule has 6 nitrogen and oxygen atoms in total.